The highest BCUT2D eigenvalue weighted by Crippen LogP contribution is 2.23. The topological polar surface area (TPSA) is 72.7 Å². The largest absolute Gasteiger partial charge is 0.334 e. The maximum atomic E-state index is 12.6. The molecule has 2 heterocycles. The molecule has 0 unspecified atom stereocenters. The summed E-state index contributed by atoms with van der Waals surface area (Å²) < 4.78 is 1.96. The second kappa shape index (κ2) is 8.57. The van der Waals surface area contributed by atoms with Crippen LogP contribution in [0, 0.1) is 0 Å². The van der Waals surface area contributed by atoms with Crippen molar-refractivity contribution in [2.75, 3.05) is 5.32 Å². The number of amides is 1. The van der Waals surface area contributed by atoms with Gasteiger partial charge in [-0.3, -0.25) is 4.79 Å². The Morgan fingerprint density at radius 2 is 1.66 bits per heavy atom. The van der Waals surface area contributed by atoms with Crippen LogP contribution in [-0.4, -0.2) is 64.9 Å². The minimum absolute atomic E-state index is 0.240. The Morgan fingerprint density at radius 3 is 2.31 bits per heavy atom. The number of fused-ring (bicyclic) bond motifs is 1. The number of hydrogen-bond acceptors (Lipinski definition) is 4. The lowest BCUT2D eigenvalue weighted by molar-refractivity contribution is -0.111. The van der Waals surface area contributed by atoms with Crippen molar-refractivity contribution in [1.82, 2.24) is 19.7 Å². The smallest absolute Gasteiger partial charge is 0.249 e. The van der Waals surface area contributed by atoms with E-state index in [4.69, 9.17) is 0 Å². The molecule has 0 radical (unpaired) electrons. The maximum Gasteiger partial charge on any atom is 0.249 e. The van der Waals surface area contributed by atoms with Crippen molar-refractivity contribution in [1.29, 1.82) is 0 Å². The van der Waals surface area contributed by atoms with Gasteiger partial charge in [-0.05, 0) is 23.8 Å². The fraction of sp³-hybridized carbons (Fsp3) is 0.0476. The molecule has 0 saturated heterocycles. The molecule has 0 bridgehead atoms. The molecule has 32 heavy (non-hydrogen) atoms. The van der Waals surface area contributed by atoms with Crippen LogP contribution < -0.4 is 32.6 Å². The van der Waals surface area contributed by atoms with Crippen molar-refractivity contribution >= 4 is 95.2 Å². The Bertz CT molecular complexity index is 1370. The van der Waals surface area contributed by atoms with Gasteiger partial charge in [-0.25, -0.2) is 4.98 Å². The van der Waals surface area contributed by atoms with Gasteiger partial charge < -0.3 is 9.88 Å². The quantitative estimate of drug-likeness (QED) is 0.268. The summed E-state index contributed by atoms with van der Waals surface area (Å²) in [6.45, 7) is 0. The van der Waals surface area contributed by atoms with E-state index < -0.39 is 0 Å². The number of anilines is 1. The molecule has 0 spiro atoms. The standard InChI is InChI=1S/C21H22B5N5O/c1-31-9-27-8-14(31)10-2-4-13-11(6-10)7-15(30-29-13)28-16(32)5-3-12-17(22)19(24)21(26)20(25)18(12)23/h2-9H,22-26H2,1H3,(H,28,30,32)/b5-3+. The molecule has 1 N–H and O–H groups in total. The van der Waals surface area contributed by atoms with Crippen LogP contribution in [0.1, 0.15) is 5.56 Å². The number of nitrogens with zero attached hydrogens (tertiary/aromatic N) is 4. The van der Waals surface area contributed by atoms with Crippen LogP contribution in [0.15, 0.2) is 42.9 Å². The van der Waals surface area contributed by atoms with Gasteiger partial charge in [-0.1, -0.05) is 23.1 Å². The summed E-state index contributed by atoms with van der Waals surface area (Å²) in [4.78, 5) is 16.8. The Kier molecular flexibility index (Phi) is 5.83. The van der Waals surface area contributed by atoms with Gasteiger partial charge in [0.1, 0.15) is 39.2 Å². The van der Waals surface area contributed by atoms with E-state index in [9.17, 15) is 4.79 Å². The van der Waals surface area contributed by atoms with Crippen molar-refractivity contribution in [3.8, 4) is 11.3 Å². The average molecular weight is 415 g/mol. The molecule has 152 valence electrons. The van der Waals surface area contributed by atoms with E-state index in [1.165, 1.54) is 27.3 Å². The predicted octanol–water partition coefficient (Wildman–Crippen LogP) is -5.03. The van der Waals surface area contributed by atoms with Crippen LogP contribution in [0.4, 0.5) is 5.82 Å². The van der Waals surface area contributed by atoms with Crippen molar-refractivity contribution in [2.45, 2.75) is 0 Å². The van der Waals surface area contributed by atoms with Crippen LogP contribution in [0.3, 0.4) is 0 Å². The number of aromatic nitrogens is 4. The summed E-state index contributed by atoms with van der Waals surface area (Å²) in [5.41, 5.74) is 10.1. The van der Waals surface area contributed by atoms with Crippen LogP contribution in [0.5, 0.6) is 0 Å². The number of hydrogen-bond donors (Lipinski definition) is 1. The molecule has 4 rings (SSSR count). The Morgan fingerprint density at radius 1 is 0.969 bits per heavy atom. The third-order valence-electron chi connectivity index (χ3n) is 6.41. The van der Waals surface area contributed by atoms with E-state index in [1.54, 1.807) is 12.4 Å². The van der Waals surface area contributed by atoms with Gasteiger partial charge in [0.05, 0.1) is 23.7 Å². The first-order chi connectivity index (χ1) is 15.3. The lowest BCUT2D eigenvalue weighted by Gasteiger charge is -2.17. The molecule has 2 aromatic carbocycles. The third-order valence-corrected chi connectivity index (χ3v) is 6.41. The molecule has 0 atom stereocenters. The first-order valence-electron chi connectivity index (χ1n) is 10.6. The highest BCUT2D eigenvalue weighted by molar-refractivity contribution is 6.67. The molecule has 0 aliphatic rings. The van der Waals surface area contributed by atoms with E-state index in [2.05, 4.69) is 59.7 Å². The lowest BCUT2D eigenvalue weighted by Crippen LogP contribution is -2.55. The molecule has 1 amide bonds. The predicted molar refractivity (Wildman–Crippen MR) is 147 cm³/mol. The second-order valence-electron chi connectivity index (χ2n) is 8.25. The van der Waals surface area contributed by atoms with Crippen molar-refractivity contribution in [2.24, 2.45) is 7.05 Å². The van der Waals surface area contributed by atoms with E-state index >= 15 is 0 Å². The van der Waals surface area contributed by atoms with Crippen molar-refractivity contribution in [3.63, 3.8) is 0 Å². The van der Waals surface area contributed by atoms with Gasteiger partial charge in [-0.2, -0.15) is 0 Å². The molecule has 0 saturated carbocycles. The molecular formula is C21H22B5N5O. The Balaban J connectivity index is 1.58. The molecule has 11 heteroatoms. The van der Waals surface area contributed by atoms with Gasteiger partial charge in [0.25, 0.3) is 0 Å². The van der Waals surface area contributed by atoms with Gasteiger partial charge in [-0.15, -0.1) is 26.6 Å². The zero-order valence-electron chi connectivity index (χ0n) is 19.3. The highest BCUT2D eigenvalue weighted by Gasteiger charge is 2.10. The van der Waals surface area contributed by atoms with E-state index in [0.717, 1.165) is 27.7 Å². The fourth-order valence-corrected chi connectivity index (χ4v) is 4.01. The maximum absolute atomic E-state index is 12.6. The van der Waals surface area contributed by atoms with E-state index in [0.29, 0.717) is 5.82 Å². The molecule has 0 fully saturated rings. The highest BCUT2D eigenvalue weighted by atomic mass is 16.1. The van der Waals surface area contributed by atoms with Gasteiger partial charge in [0, 0.05) is 24.1 Å². The number of benzene rings is 2. The number of aryl methyl sites for hydroxylation is 1. The van der Waals surface area contributed by atoms with E-state index in [1.807, 2.05) is 48.2 Å². The number of rotatable bonds is 4. The van der Waals surface area contributed by atoms with Gasteiger partial charge in [0.15, 0.2) is 5.82 Å². The third kappa shape index (κ3) is 4.02. The van der Waals surface area contributed by atoms with Gasteiger partial charge >= 0.3 is 0 Å². The first-order valence-corrected chi connectivity index (χ1v) is 10.6. The number of imidazole rings is 1. The van der Waals surface area contributed by atoms with Gasteiger partial charge in [0.2, 0.25) is 5.91 Å². The zero-order valence-corrected chi connectivity index (χ0v) is 19.3. The minimum atomic E-state index is -0.240. The Labute approximate surface area is 192 Å². The van der Waals surface area contributed by atoms with Crippen LogP contribution in [0.25, 0.3) is 28.2 Å². The molecule has 0 aliphatic carbocycles. The lowest BCUT2D eigenvalue weighted by atomic mass is 9.60. The first kappa shape index (κ1) is 21.7. The van der Waals surface area contributed by atoms with E-state index in [-0.39, 0.29) is 5.91 Å². The normalized spacial score (nSPS) is 11.3. The second-order valence-corrected chi connectivity index (χ2v) is 8.25. The van der Waals surface area contributed by atoms with Crippen LogP contribution in [-0.2, 0) is 11.8 Å². The molecular weight excluding hydrogens is 392 g/mol. The average Bonchev–Trinajstić information content (AvgIpc) is 3.21. The Hall–Kier alpha value is -3.48. The number of nitrogens with one attached hydrogen (secondary N) is 1. The summed E-state index contributed by atoms with van der Waals surface area (Å²) in [7, 11) is 12.5. The SMILES string of the molecule is Bc1c(B)c(B)c(/C=C/C(=O)Nc2cc3cc(-c4cncn4C)ccc3nn2)c(B)c1B. The molecule has 2 aromatic heterocycles. The molecule has 4 aromatic rings. The van der Waals surface area contributed by atoms with Crippen LogP contribution >= 0.6 is 0 Å². The minimum Gasteiger partial charge on any atom is -0.334 e. The van der Waals surface area contributed by atoms with Crippen molar-refractivity contribution < 1.29 is 4.79 Å². The summed E-state index contributed by atoms with van der Waals surface area (Å²) >= 11 is 0. The monoisotopic (exact) mass is 415 g/mol. The summed E-state index contributed by atoms with van der Waals surface area (Å²) in [5.74, 6) is 0.176. The van der Waals surface area contributed by atoms with Crippen molar-refractivity contribution in [3.05, 3.63) is 48.4 Å². The number of carbonyl (C=O) groups excluding carboxylic acids is 1. The molecule has 0 aliphatic heterocycles. The number of carbonyl (C=O) groups is 1. The summed E-state index contributed by atoms with van der Waals surface area (Å²) in [6.07, 6.45) is 7.03. The zero-order chi connectivity index (χ0) is 23.0. The molecule has 6 nitrogen and oxygen atoms in total. The summed E-state index contributed by atoms with van der Waals surface area (Å²) in [5, 5.41) is 12.1. The summed E-state index contributed by atoms with van der Waals surface area (Å²) in [6, 6.07) is 7.77. The fourth-order valence-electron chi connectivity index (χ4n) is 4.01. The van der Waals surface area contributed by atoms with Crippen LogP contribution in [0.2, 0.25) is 0 Å².